The van der Waals surface area contributed by atoms with Crippen molar-refractivity contribution in [3.63, 3.8) is 0 Å². The van der Waals surface area contributed by atoms with Gasteiger partial charge in [-0.15, -0.1) is 0 Å². The van der Waals surface area contributed by atoms with Crippen LogP contribution in [0.15, 0.2) is 0 Å². The Hall–Kier alpha value is 0.200. The van der Waals surface area contributed by atoms with Crippen molar-refractivity contribution < 1.29 is 51.4 Å². The molecule has 0 aromatic carbocycles. The Balaban J connectivity index is 0.0000109. The number of rotatable bonds is 20. The first-order valence-electron chi connectivity index (χ1n) is 13.6. The van der Waals surface area contributed by atoms with E-state index in [4.69, 9.17) is 9.47 Å². The van der Waals surface area contributed by atoms with Crippen LogP contribution in [0.4, 0.5) is 0 Å². The van der Waals surface area contributed by atoms with E-state index < -0.39 is 37.3 Å². The third-order valence-corrected chi connectivity index (χ3v) is 6.94. The molecule has 1 saturated heterocycles. The number of ether oxygens (including phenoxy) is 2. The number of halogens is 1. The molecule has 0 unspecified atom stereocenters. The summed E-state index contributed by atoms with van der Waals surface area (Å²) in [6.07, 6.45) is 13.0. The number of quaternary nitrogens is 1. The quantitative estimate of drug-likeness (QED) is 0.128. The second-order valence-electron chi connectivity index (χ2n) is 10.5. The van der Waals surface area contributed by atoms with Gasteiger partial charge in [0.15, 0.2) is 6.29 Å². The van der Waals surface area contributed by atoms with E-state index in [0.717, 1.165) is 17.6 Å². The number of unbranched alkanes of at least 4 members (excludes halogenated alkanes) is 13. The third kappa shape index (κ3) is 14.7. The molecule has 0 saturated carbocycles. The molecule has 1 fully saturated rings. The van der Waals surface area contributed by atoms with Crippen molar-refractivity contribution in [1.82, 2.24) is 0 Å². The number of aliphatic hydroxyl groups excluding tert-OH is 4. The lowest BCUT2D eigenvalue weighted by molar-refractivity contribution is -0.891. The van der Waals surface area contributed by atoms with E-state index in [1.165, 1.54) is 89.9 Å². The van der Waals surface area contributed by atoms with E-state index in [1.54, 1.807) is 0 Å². The molecule has 34 heavy (non-hydrogen) atoms. The van der Waals surface area contributed by atoms with Crippen molar-refractivity contribution in [2.75, 3.05) is 40.4 Å². The molecule has 1 aliphatic rings. The molecule has 1 rings (SSSR count). The van der Waals surface area contributed by atoms with Crippen molar-refractivity contribution in [2.24, 2.45) is 0 Å². The molecule has 1 heterocycles. The summed E-state index contributed by atoms with van der Waals surface area (Å²) >= 11 is 0. The van der Waals surface area contributed by atoms with Crippen LogP contribution >= 0.6 is 0 Å². The van der Waals surface area contributed by atoms with Gasteiger partial charge < -0.3 is 51.4 Å². The first-order chi connectivity index (χ1) is 15.8. The molecule has 0 bridgehead atoms. The van der Waals surface area contributed by atoms with Gasteiger partial charge in [-0.1, -0.05) is 84.0 Å². The molecule has 0 spiro atoms. The normalized spacial score (nSPS) is 25.3. The van der Waals surface area contributed by atoms with E-state index in [2.05, 4.69) is 21.0 Å². The Kier molecular flexibility index (Phi) is 20.4. The van der Waals surface area contributed by atoms with Crippen LogP contribution in [0.1, 0.15) is 96.8 Å². The van der Waals surface area contributed by atoms with E-state index in [9.17, 15) is 20.4 Å². The average Bonchev–Trinajstić information content (AvgIpc) is 2.79. The second-order valence-corrected chi connectivity index (χ2v) is 10.5. The van der Waals surface area contributed by atoms with Gasteiger partial charge in [0.2, 0.25) is 0 Å². The van der Waals surface area contributed by atoms with Gasteiger partial charge in [-0.2, -0.15) is 0 Å². The summed E-state index contributed by atoms with van der Waals surface area (Å²) in [5.41, 5.74) is 0. The maximum atomic E-state index is 10.0. The Morgan fingerprint density at radius 2 is 1.15 bits per heavy atom. The molecule has 8 heteroatoms. The number of hydrogen-bond donors (Lipinski definition) is 4. The molecule has 1 aliphatic heterocycles. The summed E-state index contributed by atoms with van der Waals surface area (Å²) in [5, 5.41) is 39.0. The average molecular weight is 557 g/mol. The summed E-state index contributed by atoms with van der Waals surface area (Å²) in [5.74, 6) is 0. The van der Waals surface area contributed by atoms with Gasteiger partial charge in [-0.3, -0.25) is 0 Å². The molecular weight excluding hydrogens is 502 g/mol. The van der Waals surface area contributed by atoms with Crippen molar-refractivity contribution in [3.8, 4) is 0 Å². The summed E-state index contributed by atoms with van der Waals surface area (Å²) in [4.78, 5) is 0. The maximum Gasteiger partial charge on any atom is 0.186 e. The van der Waals surface area contributed by atoms with Crippen LogP contribution < -0.4 is 17.0 Å². The van der Waals surface area contributed by atoms with Gasteiger partial charge in [0.25, 0.3) is 0 Å². The number of nitrogens with zero attached hydrogens (tertiary/aromatic N) is 1. The van der Waals surface area contributed by atoms with Crippen LogP contribution in [0.5, 0.6) is 0 Å². The summed E-state index contributed by atoms with van der Waals surface area (Å²) in [7, 11) is 4.33. The SMILES string of the molecule is CCCCCCCCCCCCCCCC[N+](C)(C)CCO[C@@H]1O[C@H](CO)[C@@H](O)[C@H](O)[C@H]1O.[Br-]. The van der Waals surface area contributed by atoms with Crippen molar-refractivity contribution in [3.05, 3.63) is 0 Å². The highest BCUT2D eigenvalue weighted by atomic mass is 79.9. The molecule has 0 aromatic rings. The lowest BCUT2D eigenvalue weighted by Crippen LogP contribution is -3.00. The van der Waals surface area contributed by atoms with Crippen LogP contribution in [0.3, 0.4) is 0 Å². The van der Waals surface area contributed by atoms with Crippen LogP contribution in [0, 0.1) is 0 Å². The Bertz CT molecular complexity index is 469. The molecule has 7 nitrogen and oxygen atoms in total. The molecule has 0 aliphatic carbocycles. The minimum atomic E-state index is -1.39. The lowest BCUT2D eigenvalue weighted by Gasteiger charge is -2.40. The zero-order valence-electron chi connectivity index (χ0n) is 22.0. The fourth-order valence-electron chi connectivity index (χ4n) is 4.47. The Morgan fingerprint density at radius 1 is 0.676 bits per heavy atom. The highest BCUT2D eigenvalue weighted by molar-refractivity contribution is 4.88. The van der Waals surface area contributed by atoms with Crippen molar-refractivity contribution in [2.45, 2.75) is 128 Å². The van der Waals surface area contributed by atoms with Crippen molar-refractivity contribution in [1.29, 1.82) is 0 Å². The minimum absolute atomic E-state index is 0. The van der Waals surface area contributed by atoms with Gasteiger partial charge in [0.05, 0.1) is 33.9 Å². The standard InChI is InChI=1S/C26H54NO6.BrH/c1-4-5-6-7-8-9-10-11-12-13-14-15-16-17-18-27(2,3)19-20-32-26-25(31)24(30)23(29)22(21-28)33-26;/h22-26,28-31H,4-21H2,1-3H3;1H/q+1;/p-1/t22-,23-,24+,25-,26-;/m1./s1. The van der Waals surface area contributed by atoms with Crippen LogP contribution in [-0.4, -0.2) is 96.0 Å². The molecule has 0 amide bonds. The zero-order valence-corrected chi connectivity index (χ0v) is 23.6. The number of hydrogen-bond acceptors (Lipinski definition) is 6. The predicted octanol–water partition coefficient (Wildman–Crippen LogP) is 0.365. The molecule has 5 atom stereocenters. The molecule has 0 radical (unpaired) electrons. The highest BCUT2D eigenvalue weighted by Gasteiger charge is 2.44. The monoisotopic (exact) mass is 555 g/mol. The smallest absolute Gasteiger partial charge is 0.186 e. The minimum Gasteiger partial charge on any atom is -1.00 e. The first kappa shape index (κ1) is 34.2. The summed E-state index contributed by atoms with van der Waals surface area (Å²) in [6, 6.07) is 0. The third-order valence-electron chi connectivity index (χ3n) is 6.94. The highest BCUT2D eigenvalue weighted by Crippen LogP contribution is 2.22. The van der Waals surface area contributed by atoms with Crippen molar-refractivity contribution >= 4 is 0 Å². The molecule has 206 valence electrons. The second kappa shape index (κ2) is 20.3. The zero-order chi connectivity index (χ0) is 24.5. The Morgan fingerprint density at radius 3 is 1.62 bits per heavy atom. The van der Waals surface area contributed by atoms with E-state index in [-0.39, 0.29) is 17.0 Å². The number of aliphatic hydroxyl groups is 4. The predicted molar refractivity (Wildman–Crippen MR) is 132 cm³/mol. The molecule has 0 aromatic heterocycles. The lowest BCUT2D eigenvalue weighted by atomic mass is 9.99. The summed E-state index contributed by atoms with van der Waals surface area (Å²) in [6.45, 7) is 4.02. The largest absolute Gasteiger partial charge is 1.00 e. The Labute approximate surface area is 219 Å². The first-order valence-corrected chi connectivity index (χ1v) is 13.6. The van der Waals surface area contributed by atoms with Crippen LogP contribution in [0.2, 0.25) is 0 Å². The number of likely N-dealkylation sites (N-methyl/N-ethyl adjacent to an activating group) is 1. The topological polar surface area (TPSA) is 99.4 Å². The fourth-order valence-corrected chi connectivity index (χ4v) is 4.47. The van der Waals surface area contributed by atoms with Gasteiger partial charge in [-0.25, -0.2) is 0 Å². The molecular formula is C26H54BrNO6. The van der Waals surface area contributed by atoms with Gasteiger partial charge in [0.1, 0.15) is 31.0 Å². The van der Waals surface area contributed by atoms with E-state index >= 15 is 0 Å². The van der Waals surface area contributed by atoms with Gasteiger partial charge >= 0.3 is 0 Å². The van der Waals surface area contributed by atoms with E-state index in [1.807, 2.05) is 0 Å². The van der Waals surface area contributed by atoms with Gasteiger partial charge in [-0.05, 0) is 12.8 Å². The maximum absolute atomic E-state index is 10.0. The molecule has 4 N–H and O–H groups in total. The van der Waals surface area contributed by atoms with Crippen LogP contribution in [0.25, 0.3) is 0 Å². The fraction of sp³-hybridized carbons (Fsp3) is 1.00. The van der Waals surface area contributed by atoms with Gasteiger partial charge in [0, 0.05) is 0 Å². The summed E-state index contributed by atoms with van der Waals surface area (Å²) < 4.78 is 11.8. The van der Waals surface area contributed by atoms with E-state index in [0.29, 0.717) is 6.61 Å². The van der Waals surface area contributed by atoms with Crippen LogP contribution in [-0.2, 0) is 9.47 Å².